The third-order valence-electron chi connectivity index (χ3n) is 3.21. The maximum atomic E-state index is 11.5. The van der Waals surface area contributed by atoms with Crippen molar-refractivity contribution in [2.45, 2.75) is 31.8 Å². The highest BCUT2D eigenvalue weighted by atomic mass is 35.5. The summed E-state index contributed by atoms with van der Waals surface area (Å²) in [5, 5.41) is 2.91. The van der Waals surface area contributed by atoms with Crippen LogP contribution in [0.3, 0.4) is 0 Å². The lowest BCUT2D eigenvalue weighted by Crippen LogP contribution is -2.39. The first-order valence-electron chi connectivity index (χ1n) is 6.48. The van der Waals surface area contributed by atoms with Gasteiger partial charge in [-0.25, -0.2) is 0 Å². The molecule has 3 N–H and O–H groups in total. The van der Waals surface area contributed by atoms with Crippen molar-refractivity contribution in [1.82, 2.24) is 10.2 Å². The Morgan fingerprint density at radius 2 is 1.95 bits per heavy atom. The number of piperidine rings is 1. The predicted molar refractivity (Wildman–Crippen MR) is 82.3 cm³/mol. The fourth-order valence-electron chi connectivity index (χ4n) is 2.08. The zero-order valence-electron chi connectivity index (χ0n) is 11.6. The lowest BCUT2D eigenvalue weighted by atomic mass is 10.1. The summed E-state index contributed by atoms with van der Waals surface area (Å²) in [6.07, 6.45) is 4.10. The molecule has 0 aromatic rings. The van der Waals surface area contributed by atoms with Crippen LogP contribution in [0, 0.1) is 0 Å². The highest BCUT2D eigenvalue weighted by molar-refractivity contribution is 5.85. The number of ether oxygens (including phenoxy) is 1. The second kappa shape index (κ2) is 12.9. The van der Waals surface area contributed by atoms with E-state index in [9.17, 15) is 4.79 Å². The van der Waals surface area contributed by atoms with Gasteiger partial charge in [-0.3, -0.25) is 4.79 Å². The van der Waals surface area contributed by atoms with E-state index in [1.165, 1.54) is 32.4 Å². The van der Waals surface area contributed by atoms with E-state index >= 15 is 0 Å². The van der Waals surface area contributed by atoms with E-state index in [4.69, 9.17) is 10.5 Å². The molecule has 0 aromatic carbocycles. The minimum atomic E-state index is -0.162. The molecule has 0 aromatic heterocycles. The van der Waals surface area contributed by atoms with Crippen LogP contribution in [0.25, 0.3) is 0 Å². The van der Waals surface area contributed by atoms with Gasteiger partial charge in [-0.05, 0) is 25.9 Å². The van der Waals surface area contributed by atoms with Crippen LogP contribution in [-0.4, -0.2) is 56.7 Å². The normalized spacial score (nSPS) is 16.9. The summed E-state index contributed by atoms with van der Waals surface area (Å²) in [6, 6.07) is 0. The molecular formula is C12H27Cl2N3O2. The number of nitrogens with one attached hydrogen (secondary N) is 1. The summed E-state index contributed by atoms with van der Waals surface area (Å²) in [4.78, 5) is 14.0. The van der Waals surface area contributed by atoms with E-state index in [1.54, 1.807) is 7.11 Å². The summed E-state index contributed by atoms with van der Waals surface area (Å²) < 4.78 is 5.07. The van der Waals surface area contributed by atoms with Crippen LogP contribution in [-0.2, 0) is 9.53 Å². The molecule has 5 nitrogen and oxygen atoms in total. The quantitative estimate of drug-likeness (QED) is 0.729. The van der Waals surface area contributed by atoms with Crippen LogP contribution in [0.4, 0.5) is 0 Å². The van der Waals surface area contributed by atoms with Crippen molar-refractivity contribution in [2.24, 2.45) is 5.73 Å². The third-order valence-corrected chi connectivity index (χ3v) is 3.21. The zero-order chi connectivity index (χ0) is 12.5. The third kappa shape index (κ3) is 9.46. The summed E-state index contributed by atoms with van der Waals surface area (Å²) in [5.74, 6) is 0.0271. The summed E-state index contributed by atoms with van der Waals surface area (Å²) >= 11 is 0. The number of carbonyl (C=O) groups excluding carboxylic acids is 1. The molecule has 0 aliphatic carbocycles. The Morgan fingerprint density at radius 3 is 2.47 bits per heavy atom. The van der Waals surface area contributed by atoms with Crippen molar-refractivity contribution in [1.29, 1.82) is 0 Å². The van der Waals surface area contributed by atoms with E-state index < -0.39 is 0 Å². The lowest BCUT2D eigenvalue weighted by molar-refractivity contribution is -0.123. The maximum absolute atomic E-state index is 11.5. The number of nitrogens with zero attached hydrogens (tertiary/aromatic N) is 1. The number of halogens is 2. The van der Waals surface area contributed by atoms with Crippen LogP contribution in [0.5, 0.6) is 0 Å². The molecule has 7 heteroatoms. The van der Waals surface area contributed by atoms with Gasteiger partial charge in [0, 0.05) is 26.7 Å². The average Bonchev–Trinajstić information content (AvgIpc) is 2.37. The number of nitrogens with two attached hydrogens (primary N) is 1. The van der Waals surface area contributed by atoms with Crippen LogP contribution >= 0.6 is 24.8 Å². The van der Waals surface area contributed by atoms with Gasteiger partial charge in [0.1, 0.15) is 0 Å². The van der Waals surface area contributed by atoms with E-state index in [0.717, 1.165) is 13.1 Å². The molecule has 0 radical (unpaired) electrons. The van der Waals surface area contributed by atoms with Gasteiger partial charge < -0.3 is 20.7 Å². The van der Waals surface area contributed by atoms with Crippen molar-refractivity contribution in [3.8, 4) is 0 Å². The van der Waals surface area contributed by atoms with Gasteiger partial charge in [0.2, 0.25) is 5.91 Å². The van der Waals surface area contributed by atoms with Gasteiger partial charge in [-0.15, -0.1) is 24.8 Å². The van der Waals surface area contributed by atoms with Crippen LogP contribution < -0.4 is 11.1 Å². The Labute approximate surface area is 128 Å². The molecule has 19 heavy (non-hydrogen) atoms. The highest BCUT2D eigenvalue weighted by Gasteiger charge is 2.12. The van der Waals surface area contributed by atoms with Gasteiger partial charge in [0.05, 0.1) is 12.5 Å². The van der Waals surface area contributed by atoms with Crippen LogP contribution in [0.15, 0.2) is 0 Å². The summed E-state index contributed by atoms with van der Waals surface area (Å²) in [7, 11) is 1.58. The maximum Gasteiger partial charge on any atom is 0.222 e. The molecule has 116 valence electrons. The van der Waals surface area contributed by atoms with Gasteiger partial charge in [-0.1, -0.05) is 6.42 Å². The fourth-order valence-corrected chi connectivity index (χ4v) is 2.08. The van der Waals surface area contributed by atoms with Crippen molar-refractivity contribution in [3.05, 3.63) is 0 Å². The summed E-state index contributed by atoms with van der Waals surface area (Å²) in [6.45, 7) is 4.39. The molecule has 1 atom stereocenters. The first kappa shape index (κ1) is 21.2. The minimum Gasteiger partial charge on any atom is -0.380 e. The highest BCUT2D eigenvalue weighted by Crippen LogP contribution is 2.07. The smallest absolute Gasteiger partial charge is 0.222 e. The molecule has 1 rings (SSSR count). The topological polar surface area (TPSA) is 67.6 Å². The number of amides is 1. The fraction of sp³-hybridized carbons (Fsp3) is 0.917. The van der Waals surface area contributed by atoms with Crippen LogP contribution in [0.2, 0.25) is 0 Å². The number of likely N-dealkylation sites (tertiary alicyclic amines) is 1. The van der Waals surface area contributed by atoms with Crippen molar-refractivity contribution in [2.75, 3.05) is 39.8 Å². The Hall–Kier alpha value is -0.0700. The number of methoxy groups -OCH3 is 1. The molecule has 1 fully saturated rings. The molecule has 1 amide bonds. The van der Waals surface area contributed by atoms with E-state index in [-0.39, 0.29) is 36.8 Å². The molecule has 0 saturated carbocycles. The number of carbonyl (C=O) groups is 1. The first-order valence-corrected chi connectivity index (χ1v) is 6.48. The number of rotatable bonds is 7. The summed E-state index contributed by atoms with van der Waals surface area (Å²) in [5.41, 5.74) is 5.46. The lowest BCUT2D eigenvalue weighted by Gasteiger charge is -2.26. The van der Waals surface area contributed by atoms with Crippen molar-refractivity contribution in [3.63, 3.8) is 0 Å². The molecule has 0 spiro atoms. The second-order valence-corrected chi connectivity index (χ2v) is 4.55. The first-order chi connectivity index (χ1) is 8.26. The molecule has 1 heterocycles. The van der Waals surface area contributed by atoms with E-state index in [2.05, 4.69) is 10.2 Å². The molecule has 1 aliphatic heterocycles. The standard InChI is InChI=1S/C12H25N3O2.2ClH/c1-17-11(10-13)9-12(16)14-5-8-15-6-3-2-4-7-15;;/h11H,2-10,13H2,1H3,(H,14,16);2*1H. The number of hydrogen-bond acceptors (Lipinski definition) is 4. The van der Waals surface area contributed by atoms with Crippen molar-refractivity contribution < 1.29 is 9.53 Å². The Bertz CT molecular complexity index is 223. The molecular weight excluding hydrogens is 289 g/mol. The molecule has 1 saturated heterocycles. The zero-order valence-corrected chi connectivity index (χ0v) is 13.2. The average molecular weight is 316 g/mol. The van der Waals surface area contributed by atoms with Gasteiger partial charge in [0.25, 0.3) is 0 Å². The largest absolute Gasteiger partial charge is 0.380 e. The minimum absolute atomic E-state index is 0. The molecule has 0 bridgehead atoms. The van der Waals surface area contributed by atoms with Gasteiger partial charge >= 0.3 is 0 Å². The monoisotopic (exact) mass is 315 g/mol. The predicted octanol–water partition coefficient (Wildman–Crippen LogP) is 0.796. The number of hydrogen-bond donors (Lipinski definition) is 2. The van der Waals surface area contributed by atoms with Crippen LogP contribution in [0.1, 0.15) is 25.7 Å². The van der Waals surface area contributed by atoms with E-state index in [1.807, 2.05) is 0 Å². The van der Waals surface area contributed by atoms with Gasteiger partial charge in [0.15, 0.2) is 0 Å². The Kier molecular flexibility index (Phi) is 14.5. The van der Waals surface area contributed by atoms with Gasteiger partial charge in [-0.2, -0.15) is 0 Å². The molecule has 1 unspecified atom stereocenters. The van der Waals surface area contributed by atoms with Crippen molar-refractivity contribution >= 4 is 30.7 Å². The van der Waals surface area contributed by atoms with E-state index in [0.29, 0.717) is 13.0 Å². The SMILES string of the molecule is COC(CN)CC(=O)NCCN1CCCCC1.Cl.Cl. The second-order valence-electron chi connectivity index (χ2n) is 4.55. The Balaban J connectivity index is 0. The Morgan fingerprint density at radius 1 is 1.32 bits per heavy atom. The molecule has 1 aliphatic rings.